The second kappa shape index (κ2) is 12.1. The molecular weight excluding hydrogens is 540 g/mol. The smallest absolute Gasteiger partial charge is 0.415 e. The number of hydrogen-bond acceptors (Lipinski definition) is 9. The molecule has 4 heterocycles. The Labute approximate surface area is 245 Å². The van der Waals surface area contributed by atoms with E-state index in [1.54, 1.807) is 9.80 Å². The van der Waals surface area contributed by atoms with Gasteiger partial charge in [0, 0.05) is 31.4 Å². The lowest BCUT2D eigenvalue weighted by Crippen LogP contribution is -2.44. The van der Waals surface area contributed by atoms with Gasteiger partial charge >= 0.3 is 12.2 Å². The van der Waals surface area contributed by atoms with Crippen molar-refractivity contribution < 1.29 is 19.1 Å². The minimum atomic E-state index is -0.475. The Hall–Kier alpha value is -3.60. The van der Waals surface area contributed by atoms with E-state index in [2.05, 4.69) is 53.7 Å². The summed E-state index contributed by atoms with van der Waals surface area (Å²) < 4.78 is 11.8. The third kappa shape index (κ3) is 7.01. The molecule has 1 atom stereocenters. The number of aromatic nitrogens is 2. The fourth-order valence-corrected chi connectivity index (χ4v) is 5.93. The second-order valence-electron chi connectivity index (χ2n) is 12.0. The molecule has 2 N–H and O–H groups in total. The number of piperidine rings is 1. The Kier molecular flexibility index (Phi) is 8.53. The van der Waals surface area contributed by atoms with Gasteiger partial charge in [0.1, 0.15) is 12.2 Å². The van der Waals surface area contributed by atoms with Crippen LogP contribution in [0.5, 0.6) is 0 Å². The Morgan fingerprint density at radius 1 is 1.15 bits per heavy atom. The molecule has 1 aromatic carbocycles. The first-order valence-corrected chi connectivity index (χ1v) is 15.2. The van der Waals surface area contributed by atoms with E-state index in [9.17, 15) is 9.59 Å². The molecule has 2 fully saturated rings. The maximum Gasteiger partial charge on any atom is 0.415 e. The van der Waals surface area contributed by atoms with E-state index in [1.807, 2.05) is 32.2 Å². The van der Waals surface area contributed by atoms with Crippen LogP contribution in [0.4, 0.5) is 27.0 Å². The molecule has 0 bridgehead atoms. The highest BCUT2D eigenvalue weighted by molar-refractivity contribution is 7.17. The summed E-state index contributed by atoms with van der Waals surface area (Å²) in [6.07, 6.45) is 1.98. The predicted molar refractivity (Wildman–Crippen MR) is 163 cm³/mol. The van der Waals surface area contributed by atoms with Crippen LogP contribution in [0.25, 0.3) is 10.2 Å². The lowest BCUT2D eigenvalue weighted by Gasteiger charge is -2.34. The molecule has 3 aromatic rings. The van der Waals surface area contributed by atoms with E-state index in [1.165, 1.54) is 16.9 Å². The molecule has 2 amide bonds. The zero-order valence-corrected chi connectivity index (χ0v) is 25.3. The predicted octanol–water partition coefficient (Wildman–Crippen LogP) is 6.14. The van der Waals surface area contributed by atoms with Crippen LogP contribution in [0.1, 0.15) is 53.0 Å². The quantitative estimate of drug-likeness (QED) is 0.327. The van der Waals surface area contributed by atoms with Gasteiger partial charge in [0.2, 0.25) is 5.95 Å². The molecule has 10 nitrogen and oxygen atoms in total. The molecule has 0 spiro atoms. The van der Waals surface area contributed by atoms with Crippen LogP contribution in [0.15, 0.2) is 35.7 Å². The van der Waals surface area contributed by atoms with E-state index in [-0.39, 0.29) is 24.1 Å². The van der Waals surface area contributed by atoms with Gasteiger partial charge in [-0.25, -0.2) is 14.6 Å². The lowest BCUT2D eigenvalue weighted by atomic mass is 10.0. The zero-order chi connectivity index (χ0) is 29.1. The molecule has 2 aliphatic rings. The van der Waals surface area contributed by atoms with Crippen molar-refractivity contribution in [1.82, 2.24) is 14.9 Å². The Balaban J connectivity index is 1.14. The maximum absolute atomic E-state index is 12.6. The van der Waals surface area contributed by atoms with Crippen molar-refractivity contribution in [3.63, 3.8) is 0 Å². The molecule has 0 saturated carbocycles. The van der Waals surface area contributed by atoms with E-state index >= 15 is 0 Å². The van der Waals surface area contributed by atoms with Gasteiger partial charge in [0.25, 0.3) is 0 Å². The molecule has 0 unspecified atom stereocenters. The topological polar surface area (TPSA) is 109 Å². The van der Waals surface area contributed by atoms with Gasteiger partial charge in [-0.2, -0.15) is 4.98 Å². The number of nitrogens with zero attached hydrogens (tertiary/aromatic N) is 4. The number of benzene rings is 1. The van der Waals surface area contributed by atoms with E-state index in [0.29, 0.717) is 44.0 Å². The number of hydrogen-bond donors (Lipinski definition) is 2. The highest BCUT2D eigenvalue weighted by Crippen LogP contribution is 2.35. The van der Waals surface area contributed by atoms with Gasteiger partial charge < -0.3 is 25.0 Å². The molecule has 0 radical (unpaired) electrons. The van der Waals surface area contributed by atoms with Gasteiger partial charge in [0.15, 0.2) is 5.82 Å². The number of amides is 2. The van der Waals surface area contributed by atoms with Crippen molar-refractivity contribution >= 4 is 51.2 Å². The molecule has 2 aliphatic heterocycles. The van der Waals surface area contributed by atoms with E-state index in [0.717, 1.165) is 35.2 Å². The van der Waals surface area contributed by atoms with Crippen LogP contribution in [0, 0.1) is 5.92 Å². The number of fused-ring (bicyclic) bond motifs is 1. The van der Waals surface area contributed by atoms with Crippen molar-refractivity contribution in [1.29, 1.82) is 0 Å². The molecule has 11 heteroatoms. The van der Waals surface area contributed by atoms with Gasteiger partial charge in [-0.15, -0.1) is 11.3 Å². The molecular formula is C30H40N6O4S. The number of nitrogens with one attached hydrogen (secondary N) is 2. The molecule has 41 heavy (non-hydrogen) atoms. The average Bonchev–Trinajstić information content (AvgIpc) is 3.55. The average molecular weight is 581 g/mol. The Morgan fingerprint density at radius 2 is 1.88 bits per heavy atom. The number of carbonyl (C=O) groups excluding carboxylic acids is 2. The SMILES string of the molecule is CC(C)[C@H]1COC(=O)N1c1nc(NCCc2ccc(NC3CCN(C(=O)OC(C)(C)C)CC3)cc2)nc2ccsc12. The number of ether oxygens (including phenoxy) is 2. The van der Waals surface area contributed by atoms with Crippen molar-refractivity contribution in [2.45, 2.75) is 71.6 Å². The highest BCUT2D eigenvalue weighted by atomic mass is 32.1. The summed E-state index contributed by atoms with van der Waals surface area (Å²) in [6, 6.07) is 10.7. The standard InChI is InChI=1S/C30H40N6O4S/c1-19(2)24-18-39-29(38)36(24)26-25-23(13-17-41-25)33-27(34-26)31-14-10-20-6-8-21(9-7-20)32-22-11-15-35(16-12-22)28(37)40-30(3,4)5/h6-9,13,17,19,22,24,32H,10-12,14-16,18H2,1-5H3,(H,31,33,34)/t24-/m1/s1. The normalized spacial score (nSPS) is 18.2. The fourth-order valence-electron chi connectivity index (χ4n) is 5.12. The third-order valence-corrected chi connectivity index (χ3v) is 8.26. The van der Waals surface area contributed by atoms with Gasteiger partial charge in [-0.1, -0.05) is 26.0 Å². The summed E-state index contributed by atoms with van der Waals surface area (Å²) in [5.74, 6) is 1.36. The summed E-state index contributed by atoms with van der Waals surface area (Å²) >= 11 is 1.53. The summed E-state index contributed by atoms with van der Waals surface area (Å²) in [7, 11) is 0. The minimum absolute atomic E-state index is 0.0554. The molecule has 0 aliphatic carbocycles. The van der Waals surface area contributed by atoms with Crippen LogP contribution in [0.3, 0.4) is 0 Å². The number of anilines is 3. The first kappa shape index (κ1) is 28.9. The molecule has 2 saturated heterocycles. The van der Waals surface area contributed by atoms with Crippen LogP contribution in [-0.2, 0) is 15.9 Å². The zero-order valence-electron chi connectivity index (χ0n) is 24.5. The van der Waals surface area contributed by atoms with Crippen molar-refractivity contribution in [2.24, 2.45) is 5.92 Å². The first-order valence-electron chi connectivity index (χ1n) is 14.4. The third-order valence-electron chi connectivity index (χ3n) is 7.36. The number of likely N-dealkylation sites (tertiary alicyclic amines) is 1. The largest absolute Gasteiger partial charge is 0.447 e. The van der Waals surface area contributed by atoms with Gasteiger partial charge in [-0.05, 0) is 75.1 Å². The van der Waals surface area contributed by atoms with Crippen LogP contribution in [0.2, 0.25) is 0 Å². The number of cyclic esters (lactones) is 1. The molecule has 220 valence electrons. The van der Waals surface area contributed by atoms with Gasteiger partial charge in [0.05, 0.1) is 16.3 Å². The number of rotatable bonds is 8. The fraction of sp³-hybridized carbons (Fsp3) is 0.533. The summed E-state index contributed by atoms with van der Waals surface area (Å²) in [5, 5.41) is 8.93. The number of thiophene rings is 1. The summed E-state index contributed by atoms with van der Waals surface area (Å²) in [4.78, 5) is 37.8. The summed E-state index contributed by atoms with van der Waals surface area (Å²) in [6.45, 7) is 12.2. The second-order valence-corrected chi connectivity index (χ2v) is 12.9. The highest BCUT2D eigenvalue weighted by Gasteiger charge is 2.38. The van der Waals surface area contributed by atoms with Crippen LogP contribution < -0.4 is 15.5 Å². The minimum Gasteiger partial charge on any atom is -0.447 e. The monoisotopic (exact) mass is 580 g/mol. The molecule has 5 rings (SSSR count). The van der Waals surface area contributed by atoms with Crippen LogP contribution >= 0.6 is 11.3 Å². The van der Waals surface area contributed by atoms with Gasteiger partial charge in [-0.3, -0.25) is 4.90 Å². The van der Waals surface area contributed by atoms with Crippen LogP contribution in [-0.4, -0.2) is 71.0 Å². The maximum atomic E-state index is 12.6. The molecule has 2 aromatic heterocycles. The van der Waals surface area contributed by atoms with Crippen molar-refractivity contribution in [3.05, 3.63) is 41.3 Å². The van der Waals surface area contributed by atoms with Crippen molar-refractivity contribution in [2.75, 3.05) is 41.8 Å². The van der Waals surface area contributed by atoms with E-state index < -0.39 is 5.60 Å². The lowest BCUT2D eigenvalue weighted by molar-refractivity contribution is 0.0210. The first-order chi connectivity index (χ1) is 19.6. The number of carbonyl (C=O) groups is 2. The van der Waals surface area contributed by atoms with Crippen molar-refractivity contribution in [3.8, 4) is 0 Å². The Bertz CT molecular complexity index is 1360. The van der Waals surface area contributed by atoms with E-state index in [4.69, 9.17) is 14.5 Å². The Morgan fingerprint density at radius 3 is 2.56 bits per heavy atom. The summed E-state index contributed by atoms with van der Waals surface area (Å²) in [5.41, 5.74) is 2.61.